The highest BCUT2D eigenvalue weighted by molar-refractivity contribution is 5.82. The Bertz CT molecular complexity index is 928. The fraction of sp³-hybridized carbons (Fsp3) is 0.222. The van der Waals surface area contributed by atoms with Crippen LogP contribution in [0.5, 0.6) is 5.75 Å². The summed E-state index contributed by atoms with van der Waals surface area (Å²) in [5.74, 6) is 0.724. The van der Waals surface area contributed by atoms with Gasteiger partial charge in [0.25, 0.3) is 0 Å². The van der Waals surface area contributed by atoms with Gasteiger partial charge >= 0.3 is 0 Å². The van der Waals surface area contributed by atoms with E-state index in [1.807, 2.05) is 12.1 Å². The summed E-state index contributed by atoms with van der Waals surface area (Å²) in [6, 6.07) is 11.2. The van der Waals surface area contributed by atoms with Gasteiger partial charge in [0, 0.05) is 23.2 Å². The lowest BCUT2D eigenvalue weighted by atomic mass is 10.1. The Labute approximate surface area is 127 Å². The van der Waals surface area contributed by atoms with Crippen molar-refractivity contribution in [1.82, 2.24) is 9.97 Å². The van der Waals surface area contributed by atoms with Crippen LogP contribution >= 0.6 is 0 Å². The van der Waals surface area contributed by atoms with E-state index < -0.39 is 0 Å². The van der Waals surface area contributed by atoms with Crippen LogP contribution in [0, 0.1) is 0 Å². The molecule has 0 amide bonds. The number of aryl methyl sites for hydroxylation is 2. The summed E-state index contributed by atoms with van der Waals surface area (Å²) in [6.45, 7) is 0. The Morgan fingerprint density at radius 2 is 2.05 bits per heavy atom. The minimum Gasteiger partial charge on any atom is -0.497 e. The van der Waals surface area contributed by atoms with Crippen LogP contribution in [-0.4, -0.2) is 17.1 Å². The van der Waals surface area contributed by atoms with Crippen LogP contribution < -0.4 is 10.2 Å². The number of nitrogens with zero attached hydrogens (tertiary/aromatic N) is 1. The van der Waals surface area contributed by atoms with E-state index in [1.165, 1.54) is 5.56 Å². The van der Waals surface area contributed by atoms with Gasteiger partial charge in [-0.2, -0.15) is 0 Å². The van der Waals surface area contributed by atoms with Gasteiger partial charge in [0.2, 0.25) is 0 Å². The smallest absolute Gasteiger partial charge is 0.190 e. The summed E-state index contributed by atoms with van der Waals surface area (Å²) in [4.78, 5) is 20.3. The highest BCUT2D eigenvalue weighted by Gasteiger charge is 2.14. The standard InChI is InChI=1S/C18H16N2O2/c1-22-12-6-7-13-16(9-12)20-17(10-18(13)21)15-8-5-11-3-2-4-14(11)19-15/h5-10H,2-4H2,1H3,(H,20,21). The molecule has 1 aliphatic rings. The van der Waals surface area contributed by atoms with E-state index in [0.29, 0.717) is 5.39 Å². The number of aromatic nitrogens is 2. The van der Waals surface area contributed by atoms with Crippen LogP contribution in [0.15, 0.2) is 41.2 Å². The first kappa shape index (κ1) is 13.1. The van der Waals surface area contributed by atoms with Gasteiger partial charge in [-0.25, -0.2) is 0 Å². The van der Waals surface area contributed by atoms with E-state index in [1.54, 1.807) is 25.3 Å². The van der Waals surface area contributed by atoms with Crippen LogP contribution in [-0.2, 0) is 12.8 Å². The zero-order chi connectivity index (χ0) is 15.1. The topological polar surface area (TPSA) is 55.0 Å². The Morgan fingerprint density at radius 1 is 1.14 bits per heavy atom. The highest BCUT2D eigenvalue weighted by atomic mass is 16.5. The summed E-state index contributed by atoms with van der Waals surface area (Å²) in [6.07, 6.45) is 3.29. The van der Waals surface area contributed by atoms with E-state index in [4.69, 9.17) is 9.72 Å². The predicted octanol–water partition coefficient (Wildman–Crippen LogP) is 3.09. The number of rotatable bonds is 2. The molecule has 4 rings (SSSR count). The summed E-state index contributed by atoms with van der Waals surface area (Å²) < 4.78 is 5.23. The Hall–Kier alpha value is -2.62. The summed E-state index contributed by atoms with van der Waals surface area (Å²) >= 11 is 0. The molecule has 0 saturated carbocycles. The molecule has 0 bridgehead atoms. The minimum absolute atomic E-state index is 0.00583. The van der Waals surface area contributed by atoms with Crippen molar-refractivity contribution in [2.75, 3.05) is 7.11 Å². The second kappa shape index (κ2) is 4.98. The van der Waals surface area contributed by atoms with E-state index in [9.17, 15) is 4.79 Å². The van der Waals surface area contributed by atoms with Gasteiger partial charge in [-0.15, -0.1) is 0 Å². The van der Waals surface area contributed by atoms with Crippen molar-refractivity contribution in [3.05, 3.63) is 57.9 Å². The monoisotopic (exact) mass is 292 g/mol. The molecule has 4 nitrogen and oxygen atoms in total. The zero-order valence-corrected chi connectivity index (χ0v) is 12.3. The molecule has 0 spiro atoms. The third-order valence-corrected chi connectivity index (χ3v) is 4.24. The Kier molecular flexibility index (Phi) is 2.96. The van der Waals surface area contributed by atoms with Gasteiger partial charge in [-0.3, -0.25) is 9.78 Å². The van der Waals surface area contributed by atoms with Gasteiger partial charge < -0.3 is 9.72 Å². The van der Waals surface area contributed by atoms with Crippen molar-refractivity contribution in [3.63, 3.8) is 0 Å². The lowest BCUT2D eigenvalue weighted by molar-refractivity contribution is 0.415. The Morgan fingerprint density at radius 3 is 2.91 bits per heavy atom. The maximum absolute atomic E-state index is 12.3. The van der Waals surface area contributed by atoms with Gasteiger partial charge in [0.05, 0.1) is 24.0 Å². The van der Waals surface area contributed by atoms with E-state index in [-0.39, 0.29) is 5.43 Å². The van der Waals surface area contributed by atoms with E-state index in [0.717, 1.165) is 47.6 Å². The maximum atomic E-state index is 12.3. The fourth-order valence-corrected chi connectivity index (χ4v) is 3.07. The molecule has 0 unspecified atom stereocenters. The molecule has 0 saturated heterocycles. The fourth-order valence-electron chi connectivity index (χ4n) is 3.07. The van der Waals surface area contributed by atoms with Crippen molar-refractivity contribution in [2.24, 2.45) is 0 Å². The molecule has 0 fully saturated rings. The quantitative estimate of drug-likeness (QED) is 0.789. The van der Waals surface area contributed by atoms with Gasteiger partial charge in [0.15, 0.2) is 5.43 Å². The molecule has 4 heteroatoms. The van der Waals surface area contributed by atoms with Crippen LogP contribution in [0.2, 0.25) is 0 Å². The number of hydrogen-bond acceptors (Lipinski definition) is 3. The number of methoxy groups -OCH3 is 1. The SMILES string of the molecule is COc1ccc2c(=O)cc(-c3ccc4c(n3)CCC4)[nH]c2c1. The van der Waals surface area contributed by atoms with Crippen LogP contribution in [0.4, 0.5) is 0 Å². The molecular formula is C18H16N2O2. The van der Waals surface area contributed by atoms with Crippen molar-refractivity contribution in [1.29, 1.82) is 0 Å². The largest absolute Gasteiger partial charge is 0.497 e. The molecule has 2 aromatic heterocycles. The third-order valence-electron chi connectivity index (χ3n) is 4.24. The third kappa shape index (κ3) is 2.08. The first-order chi connectivity index (χ1) is 10.7. The average molecular weight is 292 g/mol. The van der Waals surface area contributed by atoms with Crippen molar-refractivity contribution < 1.29 is 4.74 Å². The molecule has 110 valence electrons. The number of pyridine rings is 2. The van der Waals surface area contributed by atoms with Crippen LogP contribution in [0.3, 0.4) is 0 Å². The molecule has 0 atom stereocenters. The van der Waals surface area contributed by atoms with Crippen molar-refractivity contribution in [2.45, 2.75) is 19.3 Å². The second-order valence-electron chi connectivity index (χ2n) is 5.61. The lowest BCUT2D eigenvalue weighted by Gasteiger charge is -2.07. The highest BCUT2D eigenvalue weighted by Crippen LogP contribution is 2.25. The molecule has 0 aliphatic heterocycles. The molecule has 2 heterocycles. The number of ether oxygens (including phenoxy) is 1. The maximum Gasteiger partial charge on any atom is 0.190 e. The van der Waals surface area contributed by atoms with Crippen LogP contribution in [0.1, 0.15) is 17.7 Å². The molecule has 1 aromatic carbocycles. The number of aromatic amines is 1. The number of H-pyrrole nitrogens is 1. The van der Waals surface area contributed by atoms with E-state index in [2.05, 4.69) is 11.1 Å². The first-order valence-corrected chi connectivity index (χ1v) is 7.45. The Balaban J connectivity index is 1.89. The molecule has 1 N–H and O–H groups in total. The minimum atomic E-state index is -0.00583. The number of fused-ring (bicyclic) bond motifs is 2. The second-order valence-corrected chi connectivity index (χ2v) is 5.61. The average Bonchev–Trinajstić information content (AvgIpc) is 3.01. The van der Waals surface area contributed by atoms with Gasteiger partial charge in [-0.1, -0.05) is 6.07 Å². The molecule has 1 aliphatic carbocycles. The number of hydrogen-bond donors (Lipinski definition) is 1. The van der Waals surface area contributed by atoms with Crippen molar-refractivity contribution >= 4 is 10.9 Å². The van der Waals surface area contributed by atoms with Gasteiger partial charge in [0.1, 0.15) is 5.75 Å². The number of benzene rings is 1. The van der Waals surface area contributed by atoms with E-state index >= 15 is 0 Å². The predicted molar refractivity (Wildman–Crippen MR) is 86.4 cm³/mol. The summed E-state index contributed by atoms with van der Waals surface area (Å²) in [5.41, 5.74) is 4.82. The van der Waals surface area contributed by atoms with Gasteiger partial charge in [-0.05, 0) is 43.0 Å². The normalized spacial score (nSPS) is 13.3. The van der Waals surface area contributed by atoms with Crippen LogP contribution in [0.25, 0.3) is 22.3 Å². The number of nitrogens with one attached hydrogen (secondary N) is 1. The first-order valence-electron chi connectivity index (χ1n) is 7.45. The molecular weight excluding hydrogens is 276 g/mol. The summed E-state index contributed by atoms with van der Waals surface area (Å²) in [7, 11) is 1.62. The summed E-state index contributed by atoms with van der Waals surface area (Å²) in [5, 5.41) is 0.658. The zero-order valence-electron chi connectivity index (χ0n) is 12.3. The lowest BCUT2D eigenvalue weighted by Crippen LogP contribution is -2.04. The molecule has 3 aromatic rings. The molecule has 0 radical (unpaired) electrons. The molecule has 22 heavy (non-hydrogen) atoms. The van der Waals surface area contributed by atoms with Crippen molar-refractivity contribution in [3.8, 4) is 17.1 Å².